The molecule has 1 heterocycles. The molecule has 4 heteroatoms. The normalized spacial score (nSPS) is 24.1. The van der Waals surface area contributed by atoms with Gasteiger partial charge in [0.1, 0.15) is 0 Å². The van der Waals surface area contributed by atoms with E-state index in [0.717, 1.165) is 19.5 Å². The monoisotopic (exact) mass is 206 g/mol. The molecule has 0 spiro atoms. The van der Waals surface area contributed by atoms with Crippen LogP contribution in [0.1, 0.15) is 27.2 Å². The van der Waals surface area contributed by atoms with Crippen LogP contribution in [0.5, 0.6) is 0 Å². The predicted octanol–water partition coefficient (Wildman–Crippen LogP) is 0.932. The SMILES string of the molecule is CCCNC(=O)C1NCC1(C)C.Cl. The maximum Gasteiger partial charge on any atom is 0.237 e. The van der Waals surface area contributed by atoms with Crippen molar-refractivity contribution in [2.45, 2.75) is 33.2 Å². The van der Waals surface area contributed by atoms with Gasteiger partial charge in [0, 0.05) is 18.5 Å². The quantitative estimate of drug-likeness (QED) is 0.722. The zero-order valence-corrected chi connectivity index (χ0v) is 9.33. The highest BCUT2D eigenvalue weighted by Crippen LogP contribution is 2.27. The number of carbonyl (C=O) groups is 1. The van der Waals surface area contributed by atoms with Gasteiger partial charge in [0.15, 0.2) is 0 Å². The number of halogens is 1. The fourth-order valence-electron chi connectivity index (χ4n) is 1.41. The maximum absolute atomic E-state index is 11.4. The summed E-state index contributed by atoms with van der Waals surface area (Å²) in [6.45, 7) is 8.00. The smallest absolute Gasteiger partial charge is 0.237 e. The molecule has 1 atom stereocenters. The molecule has 78 valence electrons. The lowest BCUT2D eigenvalue weighted by molar-refractivity contribution is -0.129. The number of hydrogen-bond donors (Lipinski definition) is 2. The van der Waals surface area contributed by atoms with Crippen molar-refractivity contribution >= 4 is 18.3 Å². The molecule has 0 radical (unpaired) electrons. The van der Waals surface area contributed by atoms with Crippen LogP contribution in [0.25, 0.3) is 0 Å². The van der Waals surface area contributed by atoms with Gasteiger partial charge in [-0.15, -0.1) is 12.4 Å². The van der Waals surface area contributed by atoms with Crippen molar-refractivity contribution in [3.63, 3.8) is 0 Å². The van der Waals surface area contributed by atoms with Gasteiger partial charge in [-0.3, -0.25) is 4.79 Å². The van der Waals surface area contributed by atoms with E-state index in [1.165, 1.54) is 0 Å². The summed E-state index contributed by atoms with van der Waals surface area (Å²) in [4.78, 5) is 11.4. The van der Waals surface area contributed by atoms with Crippen molar-refractivity contribution in [2.75, 3.05) is 13.1 Å². The van der Waals surface area contributed by atoms with Crippen molar-refractivity contribution in [1.82, 2.24) is 10.6 Å². The van der Waals surface area contributed by atoms with Crippen molar-refractivity contribution in [2.24, 2.45) is 5.41 Å². The molecule has 1 amide bonds. The lowest BCUT2D eigenvalue weighted by atomic mass is 9.77. The number of hydrogen-bond acceptors (Lipinski definition) is 2. The van der Waals surface area contributed by atoms with E-state index < -0.39 is 0 Å². The van der Waals surface area contributed by atoms with E-state index in [4.69, 9.17) is 0 Å². The van der Waals surface area contributed by atoms with E-state index >= 15 is 0 Å². The molecule has 13 heavy (non-hydrogen) atoms. The lowest BCUT2D eigenvalue weighted by Crippen LogP contribution is -2.65. The molecule has 1 unspecified atom stereocenters. The highest BCUT2D eigenvalue weighted by atomic mass is 35.5. The molecule has 1 aliphatic heterocycles. The van der Waals surface area contributed by atoms with Gasteiger partial charge in [0.25, 0.3) is 0 Å². The molecule has 0 bridgehead atoms. The maximum atomic E-state index is 11.4. The zero-order chi connectivity index (χ0) is 9.19. The first-order valence-corrected chi connectivity index (χ1v) is 4.59. The van der Waals surface area contributed by atoms with E-state index in [0.29, 0.717) is 0 Å². The van der Waals surface area contributed by atoms with Crippen molar-refractivity contribution in [3.05, 3.63) is 0 Å². The average Bonchev–Trinajstić information content (AvgIpc) is 1.99. The van der Waals surface area contributed by atoms with Crippen LogP contribution in [0.3, 0.4) is 0 Å². The van der Waals surface area contributed by atoms with Crippen LogP contribution in [-0.4, -0.2) is 25.0 Å². The first kappa shape index (κ1) is 12.7. The van der Waals surface area contributed by atoms with Crippen molar-refractivity contribution in [3.8, 4) is 0 Å². The third kappa shape index (κ3) is 2.85. The Hall–Kier alpha value is -0.280. The van der Waals surface area contributed by atoms with E-state index in [1.54, 1.807) is 0 Å². The Balaban J connectivity index is 0.00000144. The summed E-state index contributed by atoms with van der Waals surface area (Å²) < 4.78 is 0. The van der Waals surface area contributed by atoms with Gasteiger partial charge < -0.3 is 10.6 Å². The number of rotatable bonds is 3. The summed E-state index contributed by atoms with van der Waals surface area (Å²) in [6.07, 6.45) is 0.999. The Labute approximate surface area is 86.1 Å². The number of nitrogens with one attached hydrogen (secondary N) is 2. The van der Waals surface area contributed by atoms with Crippen LogP contribution >= 0.6 is 12.4 Å². The molecule has 0 saturated carbocycles. The third-order valence-electron chi connectivity index (χ3n) is 2.35. The molecule has 1 rings (SSSR count). The summed E-state index contributed by atoms with van der Waals surface area (Å²) in [6, 6.07) is 0.0176. The van der Waals surface area contributed by atoms with Crippen molar-refractivity contribution in [1.29, 1.82) is 0 Å². The third-order valence-corrected chi connectivity index (χ3v) is 2.35. The molecular weight excluding hydrogens is 188 g/mol. The van der Waals surface area contributed by atoms with Gasteiger partial charge in [0.05, 0.1) is 6.04 Å². The number of amides is 1. The van der Waals surface area contributed by atoms with Gasteiger partial charge >= 0.3 is 0 Å². The fraction of sp³-hybridized carbons (Fsp3) is 0.889. The van der Waals surface area contributed by atoms with Gasteiger partial charge in [-0.05, 0) is 6.42 Å². The summed E-state index contributed by atoms with van der Waals surface area (Å²) in [5, 5.41) is 6.02. The number of carbonyl (C=O) groups excluding carboxylic acids is 1. The minimum absolute atomic E-state index is 0. The zero-order valence-electron chi connectivity index (χ0n) is 8.52. The Bertz CT molecular complexity index is 182. The minimum atomic E-state index is 0. The Morgan fingerprint density at radius 3 is 2.54 bits per heavy atom. The molecule has 0 aromatic heterocycles. The van der Waals surface area contributed by atoms with Gasteiger partial charge in [0.2, 0.25) is 5.91 Å². The van der Waals surface area contributed by atoms with Crippen molar-refractivity contribution < 1.29 is 4.79 Å². The summed E-state index contributed by atoms with van der Waals surface area (Å²) >= 11 is 0. The first-order chi connectivity index (χ1) is 5.58. The van der Waals surface area contributed by atoms with Crippen LogP contribution in [0, 0.1) is 5.41 Å². The highest BCUT2D eigenvalue weighted by molar-refractivity contribution is 5.85. The summed E-state index contributed by atoms with van der Waals surface area (Å²) in [7, 11) is 0. The molecule has 0 aromatic rings. The second kappa shape index (κ2) is 4.82. The van der Waals surface area contributed by atoms with Crippen LogP contribution in [0.15, 0.2) is 0 Å². The second-order valence-corrected chi connectivity index (χ2v) is 4.09. The summed E-state index contributed by atoms with van der Waals surface area (Å²) in [5.74, 6) is 0.146. The Morgan fingerprint density at radius 1 is 1.62 bits per heavy atom. The average molecular weight is 207 g/mol. The van der Waals surface area contributed by atoms with Crippen LogP contribution in [0.4, 0.5) is 0 Å². The standard InChI is InChI=1S/C9H18N2O.ClH/c1-4-5-10-8(12)7-9(2,3)6-11-7;/h7,11H,4-6H2,1-3H3,(H,10,12);1H. The van der Waals surface area contributed by atoms with E-state index in [1.807, 2.05) is 0 Å². The van der Waals surface area contributed by atoms with E-state index in [9.17, 15) is 4.79 Å². The van der Waals surface area contributed by atoms with Gasteiger partial charge in [-0.1, -0.05) is 20.8 Å². The van der Waals surface area contributed by atoms with Gasteiger partial charge in [-0.2, -0.15) is 0 Å². The molecule has 0 aromatic carbocycles. The molecule has 1 fully saturated rings. The van der Waals surface area contributed by atoms with E-state index in [-0.39, 0.29) is 29.8 Å². The second-order valence-electron chi connectivity index (χ2n) is 4.09. The molecule has 1 saturated heterocycles. The molecular formula is C9H19ClN2O. The van der Waals surface area contributed by atoms with Crippen LogP contribution in [-0.2, 0) is 4.79 Å². The fourth-order valence-corrected chi connectivity index (χ4v) is 1.41. The minimum Gasteiger partial charge on any atom is -0.355 e. The van der Waals surface area contributed by atoms with Crippen LogP contribution in [0.2, 0.25) is 0 Å². The first-order valence-electron chi connectivity index (χ1n) is 4.59. The Morgan fingerprint density at radius 2 is 2.23 bits per heavy atom. The lowest BCUT2D eigenvalue weighted by Gasteiger charge is -2.44. The largest absolute Gasteiger partial charge is 0.355 e. The topological polar surface area (TPSA) is 41.1 Å². The predicted molar refractivity (Wildman–Crippen MR) is 56.1 cm³/mol. The van der Waals surface area contributed by atoms with E-state index in [2.05, 4.69) is 31.4 Å². The Kier molecular flexibility index (Phi) is 4.71. The molecule has 1 aliphatic rings. The molecule has 3 nitrogen and oxygen atoms in total. The molecule has 2 N–H and O–H groups in total. The van der Waals surface area contributed by atoms with Crippen LogP contribution < -0.4 is 10.6 Å². The highest BCUT2D eigenvalue weighted by Gasteiger charge is 2.42. The van der Waals surface area contributed by atoms with Gasteiger partial charge in [-0.25, -0.2) is 0 Å². The molecule has 0 aliphatic carbocycles. The summed E-state index contributed by atoms with van der Waals surface area (Å²) in [5.41, 5.74) is 0.137.